The molecule has 0 saturated carbocycles. The molecule has 0 spiro atoms. The molecule has 2 heterocycles. The zero-order valence-corrected chi connectivity index (χ0v) is 13.6. The third kappa shape index (κ3) is 2.75. The van der Waals surface area contributed by atoms with E-state index in [0.717, 1.165) is 11.6 Å². The van der Waals surface area contributed by atoms with Crippen LogP contribution in [0, 0.1) is 0 Å². The van der Waals surface area contributed by atoms with E-state index in [0.29, 0.717) is 12.0 Å². The van der Waals surface area contributed by atoms with Crippen molar-refractivity contribution >= 4 is 23.0 Å². The summed E-state index contributed by atoms with van der Waals surface area (Å²) in [5.74, 6) is 2.26. The third-order valence-electron chi connectivity index (χ3n) is 4.06. The molecule has 2 aromatic heterocycles. The highest BCUT2D eigenvalue weighted by Crippen LogP contribution is 2.37. The van der Waals surface area contributed by atoms with Gasteiger partial charge in [0.2, 0.25) is 0 Å². The lowest BCUT2D eigenvalue weighted by atomic mass is 9.93. The smallest absolute Gasteiger partial charge is 0.135 e. The minimum atomic E-state index is 0.372. The first kappa shape index (κ1) is 14.3. The standard InChI is InChI=1S/C16H22N4S/c1-10(2)14-15(17-3)18-9-19-16(14)20-12-5-4-6-13-11(12)7-8-21-13/h7-10,12H,4-6H2,1-3H3,(H2,17,18,19,20). The first-order chi connectivity index (χ1) is 10.2. The van der Waals surface area contributed by atoms with Crippen LogP contribution in [0.15, 0.2) is 17.8 Å². The SMILES string of the molecule is CNc1ncnc(NC2CCCc3sccc32)c1C(C)C. The van der Waals surface area contributed by atoms with Gasteiger partial charge >= 0.3 is 0 Å². The Labute approximate surface area is 130 Å². The quantitative estimate of drug-likeness (QED) is 0.889. The van der Waals surface area contributed by atoms with E-state index in [4.69, 9.17) is 0 Å². The van der Waals surface area contributed by atoms with E-state index in [-0.39, 0.29) is 0 Å². The molecular weight excluding hydrogens is 280 g/mol. The number of nitrogens with one attached hydrogen (secondary N) is 2. The number of aromatic nitrogens is 2. The van der Waals surface area contributed by atoms with Gasteiger partial charge in [0, 0.05) is 17.5 Å². The Kier molecular flexibility index (Phi) is 4.10. The Morgan fingerprint density at radius 2 is 2.10 bits per heavy atom. The van der Waals surface area contributed by atoms with Gasteiger partial charge in [0.05, 0.1) is 6.04 Å². The number of thiophene rings is 1. The summed E-state index contributed by atoms with van der Waals surface area (Å²) in [6, 6.07) is 2.63. The second-order valence-corrected chi connectivity index (χ2v) is 6.78. The van der Waals surface area contributed by atoms with Gasteiger partial charge in [-0.3, -0.25) is 0 Å². The number of aryl methyl sites for hydroxylation is 1. The van der Waals surface area contributed by atoms with Crippen molar-refractivity contribution in [3.8, 4) is 0 Å². The van der Waals surface area contributed by atoms with Crippen LogP contribution >= 0.6 is 11.3 Å². The molecule has 0 saturated heterocycles. The average Bonchev–Trinajstić information content (AvgIpc) is 2.96. The largest absolute Gasteiger partial charge is 0.373 e. The van der Waals surface area contributed by atoms with E-state index in [1.54, 1.807) is 6.33 Å². The molecule has 0 aromatic carbocycles. The molecule has 0 fully saturated rings. The van der Waals surface area contributed by atoms with Crippen molar-refractivity contribution in [2.45, 2.75) is 45.1 Å². The summed E-state index contributed by atoms with van der Waals surface area (Å²) < 4.78 is 0. The van der Waals surface area contributed by atoms with Crippen molar-refractivity contribution in [3.63, 3.8) is 0 Å². The molecule has 3 rings (SSSR count). The highest BCUT2D eigenvalue weighted by molar-refractivity contribution is 7.10. The van der Waals surface area contributed by atoms with E-state index < -0.39 is 0 Å². The summed E-state index contributed by atoms with van der Waals surface area (Å²) >= 11 is 1.87. The highest BCUT2D eigenvalue weighted by Gasteiger charge is 2.23. The molecular formula is C16H22N4S. The molecule has 0 aliphatic heterocycles. The van der Waals surface area contributed by atoms with E-state index in [2.05, 4.69) is 45.9 Å². The molecule has 0 bridgehead atoms. The lowest BCUT2D eigenvalue weighted by molar-refractivity contribution is 0.605. The van der Waals surface area contributed by atoms with Crippen molar-refractivity contribution in [1.82, 2.24) is 9.97 Å². The number of anilines is 2. The summed E-state index contributed by atoms with van der Waals surface area (Å²) in [6.45, 7) is 4.36. The minimum absolute atomic E-state index is 0.372. The van der Waals surface area contributed by atoms with E-state index in [1.807, 2.05) is 18.4 Å². The summed E-state index contributed by atoms with van der Waals surface area (Å²) in [6.07, 6.45) is 5.26. The molecule has 2 aromatic rings. The molecule has 1 aliphatic rings. The van der Waals surface area contributed by atoms with Crippen molar-refractivity contribution in [2.75, 3.05) is 17.7 Å². The first-order valence-electron chi connectivity index (χ1n) is 7.56. The van der Waals surface area contributed by atoms with Crippen LogP contribution in [0.1, 0.15) is 54.7 Å². The zero-order chi connectivity index (χ0) is 14.8. The van der Waals surface area contributed by atoms with Gasteiger partial charge in [-0.2, -0.15) is 0 Å². The summed E-state index contributed by atoms with van der Waals surface area (Å²) in [4.78, 5) is 10.4. The summed E-state index contributed by atoms with van der Waals surface area (Å²) in [7, 11) is 1.91. The van der Waals surface area contributed by atoms with Crippen LogP contribution in [0.2, 0.25) is 0 Å². The van der Waals surface area contributed by atoms with E-state index >= 15 is 0 Å². The van der Waals surface area contributed by atoms with Crippen LogP contribution in [0.25, 0.3) is 0 Å². The number of fused-ring (bicyclic) bond motifs is 1. The molecule has 5 heteroatoms. The van der Waals surface area contributed by atoms with Crippen LogP contribution in [0.4, 0.5) is 11.6 Å². The van der Waals surface area contributed by atoms with Crippen molar-refractivity contribution < 1.29 is 0 Å². The second-order valence-electron chi connectivity index (χ2n) is 5.78. The molecule has 1 aliphatic carbocycles. The number of hydrogen-bond acceptors (Lipinski definition) is 5. The van der Waals surface area contributed by atoms with Crippen LogP contribution in [0.3, 0.4) is 0 Å². The van der Waals surface area contributed by atoms with Crippen LogP contribution < -0.4 is 10.6 Å². The summed E-state index contributed by atoms with van der Waals surface area (Å²) in [5.41, 5.74) is 2.62. The van der Waals surface area contributed by atoms with Gasteiger partial charge in [-0.25, -0.2) is 9.97 Å². The van der Waals surface area contributed by atoms with Crippen LogP contribution in [-0.4, -0.2) is 17.0 Å². The monoisotopic (exact) mass is 302 g/mol. The summed E-state index contributed by atoms with van der Waals surface area (Å²) in [5, 5.41) is 9.04. The van der Waals surface area contributed by atoms with Crippen molar-refractivity contribution in [3.05, 3.63) is 33.8 Å². The molecule has 1 unspecified atom stereocenters. The second kappa shape index (κ2) is 6.02. The fourth-order valence-electron chi connectivity index (χ4n) is 3.06. The Balaban J connectivity index is 1.93. The van der Waals surface area contributed by atoms with Crippen LogP contribution in [-0.2, 0) is 6.42 Å². The molecule has 1 atom stereocenters. The Morgan fingerprint density at radius 3 is 2.86 bits per heavy atom. The Hall–Kier alpha value is -1.62. The predicted octanol–water partition coefficient (Wildman–Crippen LogP) is 4.19. The van der Waals surface area contributed by atoms with Crippen molar-refractivity contribution in [2.24, 2.45) is 0 Å². The zero-order valence-electron chi connectivity index (χ0n) is 12.8. The molecule has 112 valence electrons. The van der Waals surface area contributed by atoms with Gasteiger partial charge < -0.3 is 10.6 Å². The van der Waals surface area contributed by atoms with Crippen molar-refractivity contribution in [1.29, 1.82) is 0 Å². The lowest BCUT2D eigenvalue weighted by Gasteiger charge is -2.26. The number of hydrogen-bond donors (Lipinski definition) is 2. The van der Waals surface area contributed by atoms with Gasteiger partial charge in [0.15, 0.2) is 0 Å². The average molecular weight is 302 g/mol. The van der Waals surface area contributed by atoms with Gasteiger partial charge in [-0.05, 0) is 42.2 Å². The lowest BCUT2D eigenvalue weighted by Crippen LogP contribution is -2.18. The maximum absolute atomic E-state index is 4.50. The van der Waals surface area contributed by atoms with E-state index in [9.17, 15) is 0 Å². The maximum Gasteiger partial charge on any atom is 0.135 e. The van der Waals surface area contributed by atoms with Crippen LogP contribution in [0.5, 0.6) is 0 Å². The predicted molar refractivity (Wildman–Crippen MR) is 89.3 cm³/mol. The minimum Gasteiger partial charge on any atom is -0.373 e. The third-order valence-corrected chi connectivity index (χ3v) is 5.06. The first-order valence-corrected chi connectivity index (χ1v) is 8.44. The fraction of sp³-hybridized carbons (Fsp3) is 0.500. The fourth-order valence-corrected chi connectivity index (χ4v) is 4.05. The maximum atomic E-state index is 4.50. The molecule has 21 heavy (non-hydrogen) atoms. The Morgan fingerprint density at radius 1 is 1.29 bits per heavy atom. The van der Waals surface area contributed by atoms with Gasteiger partial charge in [-0.15, -0.1) is 11.3 Å². The molecule has 4 nitrogen and oxygen atoms in total. The van der Waals surface area contributed by atoms with E-state index in [1.165, 1.54) is 35.3 Å². The molecule has 2 N–H and O–H groups in total. The van der Waals surface area contributed by atoms with Gasteiger partial charge in [-0.1, -0.05) is 13.8 Å². The van der Waals surface area contributed by atoms with Gasteiger partial charge in [0.25, 0.3) is 0 Å². The molecule has 0 radical (unpaired) electrons. The number of rotatable bonds is 4. The normalized spacial score (nSPS) is 17.6. The van der Waals surface area contributed by atoms with Gasteiger partial charge in [0.1, 0.15) is 18.0 Å². The molecule has 0 amide bonds. The Bertz CT molecular complexity index is 620. The number of nitrogens with zero attached hydrogens (tertiary/aromatic N) is 2. The topological polar surface area (TPSA) is 49.8 Å². The highest BCUT2D eigenvalue weighted by atomic mass is 32.1.